The smallest absolute Gasteiger partial charge is 0.445 e. The number of halogens is 3. The van der Waals surface area contributed by atoms with Crippen LogP contribution in [0.25, 0.3) is 10.9 Å². The first-order chi connectivity index (χ1) is 6.57. The summed E-state index contributed by atoms with van der Waals surface area (Å²) in [5.41, 5.74) is -0.222. The van der Waals surface area contributed by atoms with E-state index in [4.69, 9.17) is 0 Å². The minimum absolute atomic E-state index is 0. The Kier molecular flexibility index (Phi) is 4.37. The van der Waals surface area contributed by atoms with Crippen LogP contribution in [0.15, 0.2) is 36.5 Å². The Morgan fingerprint density at radius 3 is 2.47 bits per heavy atom. The van der Waals surface area contributed by atoms with Crippen LogP contribution in [-0.2, 0) is 0 Å². The van der Waals surface area contributed by atoms with Crippen molar-refractivity contribution in [3.8, 4) is 0 Å². The summed E-state index contributed by atoms with van der Waals surface area (Å²) >= 11 is 0. The van der Waals surface area contributed by atoms with Gasteiger partial charge in [-0.3, -0.25) is 4.98 Å². The van der Waals surface area contributed by atoms with Crippen LogP contribution in [-0.4, -0.2) is 12.0 Å². The van der Waals surface area contributed by atoms with Crippen molar-refractivity contribution in [2.75, 3.05) is 0 Å². The quantitative estimate of drug-likeness (QED) is 0.595. The summed E-state index contributed by atoms with van der Waals surface area (Å²) in [6.45, 7) is -4.93. The van der Waals surface area contributed by atoms with E-state index in [2.05, 4.69) is 4.98 Å². The van der Waals surface area contributed by atoms with Crippen LogP contribution in [0.1, 0.15) is 0 Å². The third kappa shape index (κ3) is 3.04. The number of hydrogen-bond acceptors (Lipinski definition) is 1. The van der Waals surface area contributed by atoms with Gasteiger partial charge in [0.15, 0.2) is 0 Å². The Bertz CT molecular complexity index is 472. The van der Waals surface area contributed by atoms with Crippen LogP contribution < -0.4 is 56.8 Å². The Labute approximate surface area is 128 Å². The number of hydrogen-bond donors (Lipinski definition) is 0. The molecule has 0 N–H and O–H groups in total. The normalized spacial score (nSPS) is 11.1. The molecule has 0 aliphatic heterocycles. The molecule has 0 fully saturated rings. The fourth-order valence-corrected chi connectivity index (χ4v) is 1.29. The van der Waals surface area contributed by atoms with Crippen molar-refractivity contribution in [2.24, 2.45) is 0 Å². The minimum atomic E-state index is -4.93. The fraction of sp³-hybridized carbons (Fsp3) is 0. The summed E-state index contributed by atoms with van der Waals surface area (Å²) in [7, 11) is 0. The maximum atomic E-state index is 12.4. The zero-order valence-corrected chi connectivity index (χ0v) is 11.2. The number of aromatic nitrogens is 1. The van der Waals surface area contributed by atoms with Gasteiger partial charge < -0.3 is 12.9 Å². The zero-order valence-electron chi connectivity index (χ0n) is 8.12. The van der Waals surface area contributed by atoms with E-state index in [9.17, 15) is 12.9 Å². The molecule has 1 aromatic heterocycles. The molecule has 0 aliphatic carbocycles. The molecule has 0 aliphatic rings. The van der Waals surface area contributed by atoms with E-state index in [0.29, 0.717) is 5.52 Å². The van der Waals surface area contributed by atoms with E-state index in [1.165, 1.54) is 12.3 Å². The predicted octanol–water partition coefficient (Wildman–Crippen LogP) is -0.707. The summed E-state index contributed by atoms with van der Waals surface area (Å²) in [5, 5.41) is 0.719. The van der Waals surface area contributed by atoms with Gasteiger partial charge in [0, 0.05) is 6.20 Å². The van der Waals surface area contributed by atoms with Gasteiger partial charge in [0.1, 0.15) is 0 Å². The molecular formula is C9H6BF3KN. The van der Waals surface area contributed by atoms with Gasteiger partial charge in [-0.2, -0.15) is 0 Å². The van der Waals surface area contributed by atoms with Gasteiger partial charge >= 0.3 is 58.4 Å². The topological polar surface area (TPSA) is 12.9 Å². The standard InChI is InChI=1S/C9H6BF3N.K/c11-10(12,13)8-4-3-7-2-1-5-14-9(7)6-8;/h1-6H;/q-1;+1. The first-order valence-corrected chi connectivity index (χ1v) is 4.12. The average molecular weight is 235 g/mol. The Balaban J connectivity index is 0.00000112. The molecule has 0 saturated carbocycles. The zero-order chi connectivity index (χ0) is 10.2. The van der Waals surface area contributed by atoms with E-state index in [-0.39, 0.29) is 51.4 Å². The summed E-state index contributed by atoms with van der Waals surface area (Å²) < 4.78 is 37.1. The Morgan fingerprint density at radius 1 is 1.07 bits per heavy atom. The third-order valence-electron chi connectivity index (χ3n) is 2.01. The van der Waals surface area contributed by atoms with Crippen LogP contribution in [0.5, 0.6) is 0 Å². The Hall–Kier alpha value is 0.121. The first kappa shape index (κ1) is 13.2. The molecule has 0 unspecified atom stereocenters. The summed E-state index contributed by atoms with van der Waals surface area (Å²) in [6, 6.07) is 7.03. The molecule has 1 aromatic carbocycles. The van der Waals surface area contributed by atoms with Crippen molar-refractivity contribution in [3.63, 3.8) is 0 Å². The second-order valence-corrected chi connectivity index (χ2v) is 3.03. The van der Waals surface area contributed by atoms with Crippen molar-refractivity contribution in [2.45, 2.75) is 0 Å². The molecule has 0 atom stereocenters. The molecule has 0 radical (unpaired) electrons. The molecule has 0 spiro atoms. The van der Waals surface area contributed by atoms with Crippen LogP contribution in [0.2, 0.25) is 0 Å². The van der Waals surface area contributed by atoms with Crippen LogP contribution in [0, 0.1) is 0 Å². The molecule has 0 bridgehead atoms. The molecule has 0 amide bonds. The van der Waals surface area contributed by atoms with Gasteiger partial charge in [-0.1, -0.05) is 24.3 Å². The predicted molar refractivity (Wildman–Crippen MR) is 50.5 cm³/mol. The van der Waals surface area contributed by atoms with Gasteiger partial charge in [0.05, 0.1) is 5.52 Å². The third-order valence-corrected chi connectivity index (χ3v) is 2.01. The number of rotatable bonds is 1. The van der Waals surface area contributed by atoms with E-state index >= 15 is 0 Å². The van der Waals surface area contributed by atoms with Crippen LogP contribution in [0.4, 0.5) is 12.9 Å². The van der Waals surface area contributed by atoms with E-state index in [0.717, 1.165) is 17.5 Å². The monoisotopic (exact) mass is 235 g/mol. The molecule has 0 saturated heterocycles. The second kappa shape index (κ2) is 4.97. The number of fused-ring (bicyclic) bond motifs is 1. The summed E-state index contributed by atoms with van der Waals surface area (Å²) in [4.78, 5) is 3.87. The van der Waals surface area contributed by atoms with Gasteiger partial charge in [-0.05, 0) is 11.5 Å². The fourth-order valence-electron chi connectivity index (χ4n) is 1.29. The number of pyridine rings is 1. The van der Waals surface area contributed by atoms with Gasteiger partial charge in [0.2, 0.25) is 0 Å². The maximum Gasteiger partial charge on any atom is 1.00 e. The molecule has 72 valence electrons. The van der Waals surface area contributed by atoms with E-state index in [1.54, 1.807) is 12.1 Å². The molecule has 1 nitrogen and oxygen atoms in total. The minimum Gasteiger partial charge on any atom is -0.445 e. The SMILES string of the molecule is F[B-](F)(F)c1ccc2cccnc2c1.[K+]. The molecule has 1 heterocycles. The van der Waals surface area contributed by atoms with Crippen molar-refractivity contribution in [1.82, 2.24) is 4.98 Å². The van der Waals surface area contributed by atoms with Crippen molar-refractivity contribution in [1.29, 1.82) is 0 Å². The average Bonchev–Trinajstić information content (AvgIpc) is 2.16. The summed E-state index contributed by atoms with van der Waals surface area (Å²) in [5.74, 6) is 0. The first-order valence-electron chi connectivity index (χ1n) is 4.12. The molecule has 6 heteroatoms. The largest absolute Gasteiger partial charge is 1.00 e. The van der Waals surface area contributed by atoms with Gasteiger partial charge in [0.25, 0.3) is 0 Å². The summed E-state index contributed by atoms with van der Waals surface area (Å²) in [6.07, 6.45) is 1.48. The molecule has 2 aromatic rings. The van der Waals surface area contributed by atoms with Gasteiger partial charge in [-0.25, -0.2) is 0 Å². The number of benzene rings is 1. The molecule has 15 heavy (non-hydrogen) atoms. The van der Waals surface area contributed by atoms with Crippen molar-refractivity contribution in [3.05, 3.63) is 36.5 Å². The van der Waals surface area contributed by atoms with Gasteiger partial charge in [-0.15, -0.1) is 5.46 Å². The van der Waals surface area contributed by atoms with Crippen LogP contribution >= 0.6 is 0 Å². The van der Waals surface area contributed by atoms with E-state index < -0.39 is 12.4 Å². The van der Waals surface area contributed by atoms with Crippen molar-refractivity contribution >= 4 is 23.3 Å². The molecular weight excluding hydrogens is 229 g/mol. The second-order valence-electron chi connectivity index (χ2n) is 3.03. The maximum absolute atomic E-state index is 12.4. The number of nitrogens with zero attached hydrogens (tertiary/aromatic N) is 1. The van der Waals surface area contributed by atoms with Crippen molar-refractivity contribution < 1.29 is 64.3 Å². The van der Waals surface area contributed by atoms with E-state index in [1.807, 2.05) is 0 Å². The molecule has 2 rings (SSSR count). The Morgan fingerprint density at radius 2 is 1.80 bits per heavy atom. The van der Waals surface area contributed by atoms with Crippen LogP contribution in [0.3, 0.4) is 0 Å².